The summed E-state index contributed by atoms with van der Waals surface area (Å²) in [6.07, 6.45) is 1.57. The fourth-order valence-electron chi connectivity index (χ4n) is 3.01. The normalized spacial score (nSPS) is 14.8. The Morgan fingerprint density at radius 3 is 2.74 bits per heavy atom. The molecule has 1 aromatic heterocycles. The molecule has 0 spiro atoms. The largest absolute Gasteiger partial charge is 0.352 e. The fourth-order valence-corrected chi connectivity index (χ4v) is 3.64. The zero-order valence-electron chi connectivity index (χ0n) is 14.8. The van der Waals surface area contributed by atoms with Gasteiger partial charge in [0.2, 0.25) is 0 Å². The summed E-state index contributed by atoms with van der Waals surface area (Å²) >= 11 is 1.11. The van der Waals surface area contributed by atoms with E-state index in [0.29, 0.717) is 30.2 Å². The first kappa shape index (κ1) is 18.9. The van der Waals surface area contributed by atoms with Gasteiger partial charge < -0.3 is 10.2 Å². The Hall–Kier alpha value is -2.88. The van der Waals surface area contributed by atoms with Crippen molar-refractivity contribution < 1.29 is 14.5 Å². The maximum absolute atomic E-state index is 12.5. The number of carbonyl (C=O) groups is 2. The molecule has 0 saturated carbocycles. The van der Waals surface area contributed by atoms with Crippen molar-refractivity contribution in [3.05, 3.63) is 50.5 Å². The Balaban J connectivity index is 1.49. The van der Waals surface area contributed by atoms with E-state index in [1.54, 1.807) is 17.9 Å². The molecule has 1 aliphatic heterocycles. The lowest BCUT2D eigenvalue weighted by molar-refractivity contribution is -0.384. The number of hydrogen-bond acceptors (Lipinski definition) is 7. The summed E-state index contributed by atoms with van der Waals surface area (Å²) in [6.45, 7) is 3.48. The number of aryl methyl sites for hydroxylation is 1. The van der Waals surface area contributed by atoms with E-state index < -0.39 is 4.92 Å². The molecule has 2 amide bonds. The third-order valence-electron chi connectivity index (χ3n) is 4.62. The van der Waals surface area contributed by atoms with Crippen molar-refractivity contribution in [1.82, 2.24) is 19.8 Å². The highest BCUT2D eigenvalue weighted by Crippen LogP contribution is 2.21. The summed E-state index contributed by atoms with van der Waals surface area (Å²) < 4.78 is 3.80. The molecule has 0 aliphatic carbocycles. The number of piperidine rings is 1. The summed E-state index contributed by atoms with van der Waals surface area (Å²) in [5.41, 5.74) is 0.809. The topological polar surface area (TPSA) is 118 Å². The molecular formula is C17H19N5O4S. The highest BCUT2D eigenvalue weighted by molar-refractivity contribution is 7.07. The summed E-state index contributed by atoms with van der Waals surface area (Å²) in [5, 5.41) is 17.5. The van der Waals surface area contributed by atoms with Gasteiger partial charge in [-0.25, -0.2) is 0 Å². The third-order valence-corrected chi connectivity index (χ3v) is 5.43. The molecule has 0 unspecified atom stereocenters. The van der Waals surface area contributed by atoms with E-state index in [4.69, 9.17) is 0 Å². The molecule has 1 fully saturated rings. The minimum atomic E-state index is -0.524. The van der Waals surface area contributed by atoms with Crippen LogP contribution in [-0.4, -0.2) is 50.9 Å². The zero-order valence-corrected chi connectivity index (χ0v) is 15.6. The molecule has 1 N–H and O–H groups in total. The van der Waals surface area contributed by atoms with Gasteiger partial charge in [0.25, 0.3) is 17.5 Å². The van der Waals surface area contributed by atoms with E-state index >= 15 is 0 Å². The lowest BCUT2D eigenvalue weighted by Crippen LogP contribution is -2.41. The summed E-state index contributed by atoms with van der Waals surface area (Å²) in [7, 11) is 0. The number of non-ortho nitro benzene ring substituents is 1. The second-order valence-electron chi connectivity index (χ2n) is 6.44. The molecule has 142 valence electrons. The van der Waals surface area contributed by atoms with Crippen LogP contribution in [0, 0.1) is 23.0 Å². The van der Waals surface area contributed by atoms with E-state index in [-0.39, 0.29) is 29.0 Å². The smallest absolute Gasteiger partial charge is 0.270 e. The quantitative estimate of drug-likeness (QED) is 0.617. The lowest BCUT2D eigenvalue weighted by atomic mass is 9.96. The van der Waals surface area contributed by atoms with Crippen LogP contribution < -0.4 is 5.32 Å². The molecule has 0 radical (unpaired) electrons. The van der Waals surface area contributed by atoms with Gasteiger partial charge in [0, 0.05) is 37.3 Å². The summed E-state index contributed by atoms with van der Waals surface area (Å²) in [5.74, 6) is -0.109. The minimum absolute atomic E-state index is 0.0402. The highest BCUT2D eigenvalue weighted by atomic mass is 32.1. The first-order chi connectivity index (χ1) is 13.0. The van der Waals surface area contributed by atoms with Gasteiger partial charge in [-0.3, -0.25) is 19.7 Å². The number of rotatable bonds is 5. The maximum atomic E-state index is 12.5. The number of likely N-dealkylation sites (tertiary alicyclic amines) is 1. The molecule has 1 saturated heterocycles. The molecule has 10 heteroatoms. The van der Waals surface area contributed by atoms with Crippen LogP contribution in [0.3, 0.4) is 0 Å². The molecule has 2 aromatic rings. The predicted octanol–water partition coefficient (Wildman–Crippen LogP) is 2.04. The number of nitrogens with one attached hydrogen (secondary N) is 1. The summed E-state index contributed by atoms with van der Waals surface area (Å²) in [6, 6.07) is 5.66. The zero-order chi connectivity index (χ0) is 19.4. The van der Waals surface area contributed by atoms with Crippen molar-refractivity contribution in [3.63, 3.8) is 0 Å². The number of aromatic nitrogens is 2. The highest BCUT2D eigenvalue weighted by Gasteiger charge is 2.26. The first-order valence-electron chi connectivity index (χ1n) is 8.56. The van der Waals surface area contributed by atoms with Crippen LogP contribution in [0.25, 0.3) is 0 Å². The van der Waals surface area contributed by atoms with Crippen LogP contribution in [0.2, 0.25) is 0 Å². The Morgan fingerprint density at radius 2 is 2.11 bits per heavy atom. The van der Waals surface area contributed by atoms with E-state index in [1.165, 1.54) is 18.2 Å². The molecule has 27 heavy (non-hydrogen) atoms. The molecule has 1 aromatic carbocycles. The number of nitro groups is 1. The average Bonchev–Trinajstić information content (AvgIpc) is 3.12. The number of amides is 2. The Bertz CT molecular complexity index is 861. The van der Waals surface area contributed by atoms with Gasteiger partial charge in [-0.2, -0.15) is 0 Å². The lowest BCUT2D eigenvalue weighted by Gasteiger charge is -2.31. The van der Waals surface area contributed by atoms with Gasteiger partial charge >= 0.3 is 0 Å². The third kappa shape index (κ3) is 4.45. The van der Waals surface area contributed by atoms with E-state index in [9.17, 15) is 19.7 Å². The number of carbonyl (C=O) groups excluding carboxylic acids is 2. The number of hydrogen-bond donors (Lipinski definition) is 1. The van der Waals surface area contributed by atoms with Gasteiger partial charge in [0.1, 0.15) is 4.88 Å². The maximum Gasteiger partial charge on any atom is 0.270 e. The molecule has 9 nitrogen and oxygen atoms in total. The Kier molecular flexibility index (Phi) is 5.75. The monoisotopic (exact) mass is 389 g/mol. The van der Waals surface area contributed by atoms with Crippen molar-refractivity contribution >= 4 is 29.0 Å². The van der Waals surface area contributed by atoms with Gasteiger partial charge in [-0.15, -0.1) is 5.10 Å². The van der Waals surface area contributed by atoms with Crippen molar-refractivity contribution in [3.8, 4) is 0 Å². The summed E-state index contributed by atoms with van der Waals surface area (Å²) in [4.78, 5) is 37.3. The van der Waals surface area contributed by atoms with Gasteiger partial charge in [0.05, 0.1) is 10.6 Å². The van der Waals surface area contributed by atoms with Gasteiger partial charge in [-0.1, -0.05) is 10.6 Å². The molecular weight excluding hydrogens is 370 g/mol. The fraction of sp³-hybridized carbons (Fsp3) is 0.412. The number of nitrogens with zero attached hydrogens (tertiary/aromatic N) is 4. The first-order valence-corrected chi connectivity index (χ1v) is 9.34. The van der Waals surface area contributed by atoms with Crippen molar-refractivity contribution in [2.45, 2.75) is 19.8 Å². The Morgan fingerprint density at radius 1 is 1.37 bits per heavy atom. The van der Waals surface area contributed by atoms with Crippen LogP contribution in [0.1, 0.15) is 38.6 Å². The van der Waals surface area contributed by atoms with Crippen molar-refractivity contribution in [2.24, 2.45) is 5.92 Å². The SMILES string of the molecule is Cc1nnsc1C(=O)N1CCC(CNC(=O)c2cccc([N+](=O)[O-])c2)CC1. The molecule has 2 heterocycles. The van der Waals surface area contributed by atoms with E-state index in [2.05, 4.69) is 14.9 Å². The van der Waals surface area contributed by atoms with Crippen molar-refractivity contribution in [1.29, 1.82) is 0 Å². The van der Waals surface area contributed by atoms with E-state index in [1.807, 2.05) is 0 Å². The van der Waals surface area contributed by atoms with Crippen molar-refractivity contribution in [2.75, 3.05) is 19.6 Å². The standard InChI is InChI=1S/C17H19N5O4S/c1-11-15(27-20-19-11)17(24)21-7-5-12(6-8-21)10-18-16(23)13-3-2-4-14(9-13)22(25)26/h2-4,9,12H,5-8,10H2,1H3,(H,18,23). The molecule has 0 atom stereocenters. The second kappa shape index (κ2) is 8.21. The molecule has 1 aliphatic rings. The predicted molar refractivity (Wildman–Crippen MR) is 98.7 cm³/mol. The Labute approximate surface area is 159 Å². The van der Waals surface area contributed by atoms with Gasteiger partial charge in [-0.05, 0) is 43.3 Å². The van der Waals surface area contributed by atoms with E-state index in [0.717, 1.165) is 24.4 Å². The molecule has 3 rings (SSSR count). The minimum Gasteiger partial charge on any atom is -0.352 e. The van der Waals surface area contributed by atoms with Crippen LogP contribution >= 0.6 is 11.5 Å². The van der Waals surface area contributed by atoms with Crippen LogP contribution in [-0.2, 0) is 0 Å². The van der Waals surface area contributed by atoms with Gasteiger partial charge in [0.15, 0.2) is 0 Å². The van der Waals surface area contributed by atoms with Crippen LogP contribution in [0.5, 0.6) is 0 Å². The molecule has 0 bridgehead atoms. The second-order valence-corrected chi connectivity index (χ2v) is 7.19. The number of nitro benzene ring substituents is 1. The van der Waals surface area contributed by atoms with Crippen LogP contribution in [0.4, 0.5) is 5.69 Å². The number of benzene rings is 1. The van der Waals surface area contributed by atoms with Crippen LogP contribution in [0.15, 0.2) is 24.3 Å². The average molecular weight is 389 g/mol.